The zero-order valence-corrected chi connectivity index (χ0v) is 13.9. The molecule has 0 aliphatic carbocycles. The van der Waals surface area contributed by atoms with Crippen LogP contribution in [0.2, 0.25) is 0 Å². The number of carbonyl (C=O) groups excluding carboxylic acids is 1. The molecule has 3 rings (SSSR count). The Labute approximate surface area is 138 Å². The second-order valence-electron chi connectivity index (χ2n) is 5.25. The molecule has 23 heavy (non-hydrogen) atoms. The summed E-state index contributed by atoms with van der Waals surface area (Å²) in [6, 6.07) is 3.34. The molecule has 0 spiro atoms. The van der Waals surface area contributed by atoms with Crippen molar-refractivity contribution < 1.29 is 4.79 Å². The molecule has 6 heteroatoms. The molecule has 0 aliphatic heterocycles. The summed E-state index contributed by atoms with van der Waals surface area (Å²) in [5.74, 6) is -0.191. The van der Waals surface area contributed by atoms with Gasteiger partial charge in [0.1, 0.15) is 0 Å². The van der Waals surface area contributed by atoms with E-state index >= 15 is 0 Å². The molecule has 0 aliphatic rings. The van der Waals surface area contributed by atoms with Crippen LogP contribution in [0.5, 0.6) is 0 Å². The Kier molecular flexibility index (Phi) is 4.16. The van der Waals surface area contributed by atoms with Gasteiger partial charge in [-0.3, -0.25) is 20.1 Å². The number of amides is 1. The lowest BCUT2D eigenvalue weighted by molar-refractivity contribution is 0.102. The Morgan fingerprint density at radius 2 is 1.91 bits per heavy atom. The van der Waals surface area contributed by atoms with E-state index in [2.05, 4.69) is 27.2 Å². The number of nitrogens with one attached hydrogen (secondary N) is 1. The van der Waals surface area contributed by atoms with Gasteiger partial charge >= 0.3 is 0 Å². The Hall–Kier alpha value is -2.60. The topological polar surface area (TPSA) is 67.8 Å². The lowest BCUT2D eigenvalue weighted by Gasteiger charge is -2.08. The highest BCUT2D eigenvalue weighted by molar-refractivity contribution is 7.14. The number of aryl methyl sites for hydroxylation is 2. The molecule has 116 valence electrons. The van der Waals surface area contributed by atoms with Crippen LogP contribution in [-0.2, 0) is 0 Å². The predicted octanol–water partition coefficient (Wildman–Crippen LogP) is 3.78. The fourth-order valence-corrected chi connectivity index (χ4v) is 3.02. The fraction of sp³-hybridized carbons (Fsp3) is 0.176. The van der Waals surface area contributed by atoms with Gasteiger partial charge in [-0.25, -0.2) is 4.98 Å². The molecule has 3 aromatic heterocycles. The molecule has 0 aromatic carbocycles. The number of anilines is 1. The first kappa shape index (κ1) is 15.3. The largest absolute Gasteiger partial charge is 0.298 e. The summed E-state index contributed by atoms with van der Waals surface area (Å²) >= 11 is 1.40. The number of thiazole rings is 1. The molecule has 0 bridgehead atoms. The van der Waals surface area contributed by atoms with E-state index < -0.39 is 0 Å². The highest BCUT2D eigenvalue weighted by Gasteiger charge is 2.14. The van der Waals surface area contributed by atoms with Crippen LogP contribution in [0.25, 0.3) is 11.3 Å². The van der Waals surface area contributed by atoms with Crippen molar-refractivity contribution in [3.63, 3.8) is 0 Å². The van der Waals surface area contributed by atoms with E-state index in [4.69, 9.17) is 0 Å². The molecule has 1 amide bonds. The van der Waals surface area contributed by atoms with Crippen molar-refractivity contribution in [1.82, 2.24) is 15.0 Å². The fourth-order valence-electron chi connectivity index (χ4n) is 2.32. The molecule has 0 fully saturated rings. The summed E-state index contributed by atoms with van der Waals surface area (Å²) < 4.78 is 0. The Morgan fingerprint density at radius 3 is 2.65 bits per heavy atom. The Bertz CT molecular complexity index is 858. The van der Waals surface area contributed by atoms with Gasteiger partial charge in [0.05, 0.1) is 5.69 Å². The van der Waals surface area contributed by atoms with Gasteiger partial charge in [-0.2, -0.15) is 0 Å². The minimum absolute atomic E-state index is 0.191. The first-order valence-electron chi connectivity index (χ1n) is 7.16. The van der Waals surface area contributed by atoms with E-state index in [1.807, 2.05) is 25.4 Å². The van der Waals surface area contributed by atoms with E-state index in [-0.39, 0.29) is 5.91 Å². The van der Waals surface area contributed by atoms with Gasteiger partial charge in [-0.1, -0.05) is 0 Å². The second kappa shape index (κ2) is 6.26. The molecule has 3 aromatic rings. The molecular formula is C17H16N4OS. The third kappa shape index (κ3) is 3.12. The van der Waals surface area contributed by atoms with E-state index in [9.17, 15) is 4.79 Å². The van der Waals surface area contributed by atoms with Gasteiger partial charge in [0.25, 0.3) is 5.91 Å². The van der Waals surface area contributed by atoms with E-state index in [1.165, 1.54) is 11.3 Å². The first-order valence-corrected chi connectivity index (χ1v) is 8.04. The standard InChI is InChI=1S/C17H16N4OS/c1-10-8-19-12(3)15(11(10)2)14-9-23-17(20-14)21-16(22)13-4-6-18-7-5-13/h4-9H,1-3H3,(H,20,21,22). The maximum absolute atomic E-state index is 12.2. The van der Waals surface area contributed by atoms with Crippen molar-refractivity contribution >= 4 is 22.4 Å². The number of carbonyl (C=O) groups is 1. The van der Waals surface area contributed by atoms with Crippen LogP contribution in [0.4, 0.5) is 5.13 Å². The quantitative estimate of drug-likeness (QED) is 0.796. The molecule has 0 radical (unpaired) electrons. The molecular weight excluding hydrogens is 308 g/mol. The van der Waals surface area contributed by atoms with Crippen LogP contribution >= 0.6 is 11.3 Å². The van der Waals surface area contributed by atoms with E-state index in [1.54, 1.807) is 24.5 Å². The lowest BCUT2D eigenvalue weighted by Crippen LogP contribution is -2.11. The Morgan fingerprint density at radius 1 is 1.17 bits per heavy atom. The minimum Gasteiger partial charge on any atom is -0.298 e. The molecule has 0 saturated heterocycles. The molecule has 0 atom stereocenters. The third-order valence-corrected chi connectivity index (χ3v) is 4.46. The van der Waals surface area contributed by atoms with Gasteiger partial charge in [-0.15, -0.1) is 11.3 Å². The molecule has 5 nitrogen and oxygen atoms in total. The van der Waals surface area contributed by atoms with Gasteiger partial charge in [-0.05, 0) is 44.0 Å². The number of hydrogen-bond donors (Lipinski definition) is 1. The average molecular weight is 324 g/mol. The first-order chi connectivity index (χ1) is 11.1. The predicted molar refractivity (Wildman–Crippen MR) is 91.7 cm³/mol. The van der Waals surface area contributed by atoms with Crippen molar-refractivity contribution in [2.45, 2.75) is 20.8 Å². The minimum atomic E-state index is -0.191. The van der Waals surface area contributed by atoms with E-state index in [0.29, 0.717) is 10.7 Å². The summed E-state index contributed by atoms with van der Waals surface area (Å²) in [5, 5.41) is 5.34. The van der Waals surface area contributed by atoms with Crippen LogP contribution in [0, 0.1) is 20.8 Å². The molecule has 0 saturated carbocycles. The molecule has 3 heterocycles. The van der Waals surface area contributed by atoms with E-state index in [0.717, 1.165) is 28.1 Å². The highest BCUT2D eigenvalue weighted by Crippen LogP contribution is 2.30. The summed E-state index contributed by atoms with van der Waals surface area (Å²) in [6.45, 7) is 6.06. The highest BCUT2D eigenvalue weighted by atomic mass is 32.1. The average Bonchev–Trinajstić information content (AvgIpc) is 3.00. The number of pyridine rings is 2. The lowest BCUT2D eigenvalue weighted by atomic mass is 10.0. The second-order valence-corrected chi connectivity index (χ2v) is 6.11. The van der Waals surface area contributed by atoms with Gasteiger partial charge in [0.2, 0.25) is 0 Å². The normalized spacial score (nSPS) is 10.6. The monoisotopic (exact) mass is 324 g/mol. The van der Waals surface area contributed by atoms with Crippen LogP contribution in [0.1, 0.15) is 27.2 Å². The Balaban J connectivity index is 1.87. The number of nitrogens with zero attached hydrogens (tertiary/aromatic N) is 3. The van der Waals surface area contributed by atoms with Crippen molar-refractivity contribution in [2.24, 2.45) is 0 Å². The van der Waals surface area contributed by atoms with Crippen LogP contribution in [0.3, 0.4) is 0 Å². The summed E-state index contributed by atoms with van der Waals surface area (Å²) in [4.78, 5) is 25.0. The van der Waals surface area contributed by atoms with Crippen molar-refractivity contribution in [1.29, 1.82) is 0 Å². The van der Waals surface area contributed by atoms with Crippen molar-refractivity contribution in [2.75, 3.05) is 5.32 Å². The summed E-state index contributed by atoms with van der Waals surface area (Å²) in [6.07, 6.45) is 5.05. The molecule has 0 unspecified atom stereocenters. The van der Waals surface area contributed by atoms with Gasteiger partial charge < -0.3 is 0 Å². The maximum atomic E-state index is 12.2. The smallest absolute Gasteiger partial charge is 0.257 e. The SMILES string of the molecule is Cc1cnc(C)c(-c2csc(NC(=O)c3ccncc3)n2)c1C. The van der Waals surface area contributed by atoms with Crippen LogP contribution in [0.15, 0.2) is 36.1 Å². The number of hydrogen-bond acceptors (Lipinski definition) is 5. The van der Waals surface area contributed by atoms with Gasteiger partial charge in [0, 0.05) is 40.8 Å². The maximum Gasteiger partial charge on any atom is 0.257 e. The summed E-state index contributed by atoms with van der Waals surface area (Å²) in [7, 11) is 0. The van der Waals surface area contributed by atoms with Crippen molar-refractivity contribution in [3.8, 4) is 11.3 Å². The zero-order chi connectivity index (χ0) is 16.4. The number of rotatable bonds is 3. The van der Waals surface area contributed by atoms with Crippen LogP contribution in [-0.4, -0.2) is 20.9 Å². The molecule has 1 N–H and O–H groups in total. The number of aromatic nitrogens is 3. The summed E-state index contributed by atoms with van der Waals surface area (Å²) in [5.41, 5.74) is 5.65. The zero-order valence-electron chi connectivity index (χ0n) is 13.1. The third-order valence-electron chi connectivity index (χ3n) is 3.70. The van der Waals surface area contributed by atoms with Gasteiger partial charge in [0.15, 0.2) is 5.13 Å². The van der Waals surface area contributed by atoms with Crippen molar-refractivity contribution in [3.05, 3.63) is 58.5 Å². The van der Waals surface area contributed by atoms with Crippen LogP contribution < -0.4 is 5.32 Å².